The summed E-state index contributed by atoms with van der Waals surface area (Å²) in [5.41, 5.74) is 1.99. The number of fused-ring (bicyclic) bond motifs is 1. The van der Waals surface area contributed by atoms with E-state index in [1.54, 1.807) is 6.07 Å². The number of halogens is 8. The number of amides is 1. The maximum atomic E-state index is 16.8. The van der Waals surface area contributed by atoms with Crippen LogP contribution in [0, 0.1) is 0 Å². The van der Waals surface area contributed by atoms with Gasteiger partial charge >= 0.3 is 24.2 Å². The summed E-state index contributed by atoms with van der Waals surface area (Å²) in [7, 11) is -5.74. The van der Waals surface area contributed by atoms with E-state index in [2.05, 4.69) is 4.84 Å². The number of hydrogen-bond acceptors (Lipinski definition) is 7. The minimum atomic E-state index is -5.91. The van der Waals surface area contributed by atoms with E-state index in [0.29, 0.717) is 23.3 Å². The van der Waals surface area contributed by atoms with Gasteiger partial charge in [-0.05, 0) is 96.4 Å². The third kappa shape index (κ3) is 7.67. The zero-order chi connectivity index (χ0) is 38.6. The fourth-order valence-corrected chi connectivity index (χ4v) is 8.20. The first kappa shape index (κ1) is 38.7. The molecule has 2 aliphatic carbocycles. The summed E-state index contributed by atoms with van der Waals surface area (Å²) in [6.45, 7) is -0.607. The molecule has 0 aromatic heterocycles. The average molecular weight is 778 g/mol. The Balaban J connectivity index is 1.44. The summed E-state index contributed by atoms with van der Waals surface area (Å²) in [6, 6.07) is 6.19. The zero-order valence-electron chi connectivity index (χ0n) is 27.9. The van der Waals surface area contributed by atoms with Gasteiger partial charge in [0.1, 0.15) is 5.75 Å². The van der Waals surface area contributed by atoms with Crippen molar-refractivity contribution in [3.63, 3.8) is 0 Å². The molecule has 0 radical (unpaired) electrons. The number of hydrogen-bond donors (Lipinski definition) is 1. The first-order valence-corrected chi connectivity index (χ1v) is 18.3. The molecule has 18 heteroatoms. The Morgan fingerprint density at radius 2 is 1.42 bits per heavy atom. The SMILES string of the molecule is NC1CCN(C(=O)[C@@H](N(OC(=O)C(F)(F)F)S(=O)(=O)c2ccc3cc(OC4CCCC4)ccc3c2)C(F)(F)c2ccc(C3(C(F)(F)F)CC3)cc2)CC1. The van der Waals surface area contributed by atoms with Crippen molar-refractivity contribution in [3.8, 4) is 5.75 Å². The van der Waals surface area contributed by atoms with Crippen LogP contribution in [-0.4, -0.2) is 73.3 Å². The van der Waals surface area contributed by atoms with E-state index in [9.17, 15) is 44.3 Å². The molecule has 9 nitrogen and oxygen atoms in total. The summed E-state index contributed by atoms with van der Waals surface area (Å²) in [5, 5.41) is 0.592. The highest BCUT2D eigenvalue weighted by Crippen LogP contribution is 2.59. The lowest BCUT2D eigenvalue weighted by atomic mass is 9.92. The standard InChI is InChI=1S/C35H35F8N3O6S/c36-33(37,24-9-7-23(8-10-24)32(15-16-32)35(41,42)43)29(30(47)45-17-13-25(44)14-18-45)46(52-31(48)34(38,39)40)53(49,50)28-12-6-21-19-27(11-5-22(21)20-28)51-26-3-1-2-4-26/h5-12,19-20,25-26,29H,1-4,13-18,44H2/t29-/m1/s1. The third-order valence-corrected chi connectivity index (χ3v) is 11.7. The number of piperidine rings is 1. The van der Waals surface area contributed by atoms with Gasteiger partial charge in [0.2, 0.25) is 6.04 Å². The van der Waals surface area contributed by atoms with Crippen molar-refractivity contribution in [3.05, 3.63) is 71.8 Å². The van der Waals surface area contributed by atoms with Crippen LogP contribution in [0.25, 0.3) is 10.8 Å². The predicted molar refractivity (Wildman–Crippen MR) is 173 cm³/mol. The number of benzene rings is 3. The molecule has 3 aromatic carbocycles. The van der Waals surface area contributed by atoms with Crippen LogP contribution in [-0.2, 0) is 35.8 Å². The molecule has 3 aromatic rings. The molecule has 1 amide bonds. The van der Waals surface area contributed by atoms with E-state index < -0.39 is 72.6 Å². The van der Waals surface area contributed by atoms with Gasteiger partial charge in [-0.25, -0.2) is 13.2 Å². The highest BCUT2D eigenvalue weighted by molar-refractivity contribution is 7.89. The molecule has 3 aliphatic rings. The van der Waals surface area contributed by atoms with Crippen LogP contribution in [0.1, 0.15) is 62.5 Å². The van der Waals surface area contributed by atoms with Crippen LogP contribution >= 0.6 is 0 Å². The second kappa shape index (κ2) is 14.0. The fraction of sp³-hybridized carbons (Fsp3) is 0.486. The first-order valence-electron chi connectivity index (χ1n) is 16.9. The zero-order valence-corrected chi connectivity index (χ0v) is 28.7. The largest absolute Gasteiger partial charge is 0.492 e. The van der Waals surface area contributed by atoms with Gasteiger partial charge in [0.05, 0.1) is 16.4 Å². The second-order valence-corrected chi connectivity index (χ2v) is 15.5. The number of carbonyl (C=O) groups is 2. The molecule has 6 rings (SSSR count). The lowest BCUT2D eigenvalue weighted by Crippen LogP contribution is -2.60. The number of hydroxylamine groups is 1. The van der Waals surface area contributed by atoms with E-state index in [4.69, 9.17) is 10.5 Å². The van der Waals surface area contributed by atoms with E-state index in [0.717, 1.165) is 54.8 Å². The fourth-order valence-electron chi connectivity index (χ4n) is 6.81. The topological polar surface area (TPSA) is 119 Å². The Morgan fingerprint density at radius 3 is 1.98 bits per heavy atom. The summed E-state index contributed by atoms with van der Waals surface area (Å²) in [6.07, 6.45) is -7.49. The normalized spacial score (nSPS) is 19.4. The van der Waals surface area contributed by atoms with E-state index >= 15 is 8.78 Å². The van der Waals surface area contributed by atoms with Gasteiger partial charge in [-0.15, -0.1) is 0 Å². The molecule has 3 fully saturated rings. The molecule has 0 spiro atoms. The van der Waals surface area contributed by atoms with Crippen LogP contribution in [0.5, 0.6) is 5.75 Å². The molecular formula is C35H35F8N3O6S. The number of nitrogens with two attached hydrogens (primary N) is 1. The molecule has 53 heavy (non-hydrogen) atoms. The highest BCUT2D eigenvalue weighted by atomic mass is 32.2. The molecular weight excluding hydrogens is 742 g/mol. The van der Waals surface area contributed by atoms with Gasteiger partial charge in [-0.1, -0.05) is 36.4 Å². The smallest absolute Gasteiger partial charge is 0.490 e. The minimum absolute atomic E-state index is 0.0218. The predicted octanol–water partition coefficient (Wildman–Crippen LogP) is 6.88. The van der Waals surface area contributed by atoms with Crippen molar-refractivity contribution in [2.24, 2.45) is 5.73 Å². The van der Waals surface area contributed by atoms with Crippen LogP contribution in [0.15, 0.2) is 65.6 Å². The van der Waals surface area contributed by atoms with Gasteiger partial charge in [-0.2, -0.15) is 35.1 Å². The monoisotopic (exact) mass is 777 g/mol. The van der Waals surface area contributed by atoms with E-state index in [-0.39, 0.29) is 55.8 Å². The number of sulfonamides is 1. The summed E-state index contributed by atoms with van der Waals surface area (Å²) in [4.78, 5) is 30.3. The third-order valence-electron chi connectivity index (χ3n) is 10.1. The molecule has 1 atom stereocenters. The van der Waals surface area contributed by atoms with E-state index in [1.807, 2.05) is 0 Å². The number of rotatable bonds is 10. The van der Waals surface area contributed by atoms with Gasteiger partial charge in [0, 0.05) is 24.7 Å². The van der Waals surface area contributed by atoms with Gasteiger partial charge in [0.25, 0.3) is 15.9 Å². The first-order chi connectivity index (χ1) is 24.7. The van der Waals surface area contributed by atoms with Crippen molar-refractivity contribution >= 4 is 32.7 Å². The number of carbonyl (C=O) groups excluding carboxylic acids is 2. The van der Waals surface area contributed by atoms with Crippen molar-refractivity contribution in [1.82, 2.24) is 9.37 Å². The highest BCUT2D eigenvalue weighted by Gasteiger charge is 2.64. The van der Waals surface area contributed by atoms with Gasteiger partial charge in [0.15, 0.2) is 0 Å². The Hall–Kier alpha value is -4.03. The van der Waals surface area contributed by atoms with Crippen molar-refractivity contribution in [1.29, 1.82) is 0 Å². The molecule has 288 valence electrons. The Labute approximate surface area is 299 Å². The minimum Gasteiger partial charge on any atom is -0.490 e. The van der Waals surface area contributed by atoms with Gasteiger partial charge < -0.3 is 20.2 Å². The van der Waals surface area contributed by atoms with Crippen LogP contribution in [0.3, 0.4) is 0 Å². The summed E-state index contributed by atoms with van der Waals surface area (Å²) in [5.74, 6) is -9.28. The number of ether oxygens (including phenoxy) is 1. The van der Waals surface area contributed by atoms with E-state index in [1.165, 1.54) is 18.2 Å². The molecule has 0 unspecified atom stereocenters. The molecule has 1 heterocycles. The van der Waals surface area contributed by atoms with Crippen molar-refractivity contribution < 1.29 is 62.7 Å². The lowest BCUT2D eigenvalue weighted by molar-refractivity contribution is -0.239. The Kier molecular flexibility index (Phi) is 10.2. The molecule has 2 N–H and O–H groups in total. The maximum absolute atomic E-state index is 16.8. The Bertz CT molecular complexity index is 1950. The number of nitrogens with zero attached hydrogens (tertiary/aromatic N) is 2. The van der Waals surface area contributed by atoms with Crippen LogP contribution < -0.4 is 10.5 Å². The molecule has 1 saturated heterocycles. The summed E-state index contributed by atoms with van der Waals surface area (Å²) >= 11 is 0. The average Bonchev–Trinajstić information content (AvgIpc) is 3.78. The van der Waals surface area contributed by atoms with Crippen LogP contribution in [0.2, 0.25) is 0 Å². The quantitative estimate of drug-likeness (QED) is 0.176. The van der Waals surface area contributed by atoms with Crippen molar-refractivity contribution in [2.75, 3.05) is 13.1 Å². The Morgan fingerprint density at radius 1 is 0.830 bits per heavy atom. The molecule has 2 saturated carbocycles. The van der Waals surface area contributed by atoms with Gasteiger partial charge in [-0.3, -0.25) is 4.79 Å². The molecule has 1 aliphatic heterocycles. The van der Waals surface area contributed by atoms with Crippen LogP contribution in [0.4, 0.5) is 35.1 Å². The summed E-state index contributed by atoms with van der Waals surface area (Å²) < 4.78 is 149. The number of alkyl halides is 8. The lowest BCUT2D eigenvalue weighted by Gasteiger charge is -2.38. The molecule has 0 bridgehead atoms. The van der Waals surface area contributed by atoms with Crippen molar-refractivity contribution in [2.45, 2.75) is 98.1 Å². The second-order valence-electron chi connectivity index (χ2n) is 13.7. The number of likely N-dealkylation sites (tertiary alicyclic amines) is 1. The maximum Gasteiger partial charge on any atom is 0.492 e.